The zero-order valence-electron chi connectivity index (χ0n) is 30.0. The Morgan fingerprint density at radius 2 is 0.745 bits per heavy atom. The first-order valence-electron chi connectivity index (χ1n) is 19.1. The number of hydrogen-bond acceptors (Lipinski definition) is 0. The summed E-state index contributed by atoms with van der Waals surface area (Å²) in [5.74, 6) is 0. The zero-order valence-corrected chi connectivity index (χ0v) is 31.0. The van der Waals surface area contributed by atoms with Gasteiger partial charge in [-0.05, 0) is 91.2 Å². The average molecular weight is 715 g/mol. The molecule has 12 rings (SSSR count). The summed E-state index contributed by atoms with van der Waals surface area (Å²) in [7, 11) is -2.65. The van der Waals surface area contributed by atoms with Crippen molar-refractivity contribution < 1.29 is 0 Å². The van der Waals surface area contributed by atoms with Crippen LogP contribution in [-0.2, 0) is 0 Å². The molecule has 2 nitrogen and oxygen atoms in total. The maximum atomic E-state index is 2.47. The fourth-order valence-electron chi connectivity index (χ4n) is 9.89. The van der Waals surface area contributed by atoms with Crippen LogP contribution in [0, 0.1) is 0 Å². The highest BCUT2D eigenvalue weighted by atomic mass is 28.3. The Labute approximate surface area is 319 Å². The van der Waals surface area contributed by atoms with Crippen LogP contribution < -0.4 is 20.7 Å². The molecule has 2 aromatic heterocycles. The van der Waals surface area contributed by atoms with Crippen molar-refractivity contribution in [1.82, 2.24) is 9.13 Å². The predicted octanol–water partition coefficient (Wildman–Crippen LogP) is 10.4. The second-order valence-electron chi connectivity index (χ2n) is 14.9. The Balaban J connectivity index is 1.07. The molecule has 0 fully saturated rings. The van der Waals surface area contributed by atoms with Crippen molar-refractivity contribution in [2.75, 3.05) is 0 Å². The van der Waals surface area contributed by atoms with Gasteiger partial charge in [0.15, 0.2) is 8.07 Å². The van der Waals surface area contributed by atoms with Gasteiger partial charge in [-0.15, -0.1) is 0 Å². The molecule has 55 heavy (non-hydrogen) atoms. The van der Waals surface area contributed by atoms with Crippen molar-refractivity contribution in [3.63, 3.8) is 0 Å². The Morgan fingerprint density at radius 1 is 0.291 bits per heavy atom. The van der Waals surface area contributed by atoms with E-state index in [9.17, 15) is 0 Å². The SMILES string of the molecule is c1ccc2c(c1)-c1ccccc1[Si]2(c1ccc(-n2c3ccccc3c3cc(-n4c5ccccc5c5ccccc54)ccc32)cc1)c1ccc2ccccc2c1. The van der Waals surface area contributed by atoms with Gasteiger partial charge in [0.25, 0.3) is 0 Å². The van der Waals surface area contributed by atoms with E-state index in [1.165, 1.54) is 97.6 Å². The van der Waals surface area contributed by atoms with Crippen molar-refractivity contribution in [3.05, 3.63) is 206 Å². The van der Waals surface area contributed by atoms with Crippen molar-refractivity contribution in [2.24, 2.45) is 0 Å². The van der Waals surface area contributed by atoms with Crippen molar-refractivity contribution >= 4 is 83.2 Å². The first kappa shape index (κ1) is 30.5. The lowest BCUT2D eigenvalue weighted by atomic mass is 10.1. The second kappa shape index (κ2) is 11.5. The minimum atomic E-state index is -2.65. The standard InChI is InChI=1S/C52H34N2Si/c1-2-14-36-33-40(29-25-35(36)13-1)55(51-23-11-6-18-44(51)45-19-7-12-24-52(45)55)39-30-26-37(27-31-39)53-49-22-10-5-17-43(49)46-34-38(28-32-50(46)53)54-47-20-8-3-15-41(47)42-16-4-9-21-48(42)54/h1-34H. The molecule has 0 aliphatic carbocycles. The molecule has 256 valence electrons. The third kappa shape index (κ3) is 4.19. The molecule has 0 bridgehead atoms. The molecule has 0 unspecified atom stereocenters. The lowest BCUT2D eigenvalue weighted by Gasteiger charge is -2.31. The Kier molecular flexibility index (Phi) is 6.39. The molecule has 3 heteroatoms. The number of aromatic nitrogens is 2. The lowest BCUT2D eigenvalue weighted by Crippen LogP contribution is -2.72. The van der Waals surface area contributed by atoms with Crippen LogP contribution >= 0.6 is 0 Å². The largest absolute Gasteiger partial charge is 0.309 e. The van der Waals surface area contributed by atoms with Gasteiger partial charge in [-0.1, -0.05) is 158 Å². The maximum absolute atomic E-state index is 2.65. The third-order valence-corrected chi connectivity index (χ3v) is 17.1. The smallest absolute Gasteiger partial charge is 0.180 e. The summed E-state index contributed by atoms with van der Waals surface area (Å²) in [5.41, 5.74) is 9.93. The highest BCUT2D eigenvalue weighted by Gasteiger charge is 2.48. The van der Waals surface area contributed by atoms with E-state index in [1.807, 2.05) is 0 Å². The molecule has 0 spiro atoms. The summed E-state index contributed by atoms with van der Waals surface area (Å²) in [6.45, 7) is 0. The van der Waals surface area contributed by atoms with Gasteiger partial charge in [0.1, 0.15) is 0 Å². The lowest BCUT2D eigenvalue weighted by molar-refractivity contribution is 1.17. The molecular formula is C52H34N2Si. The van der Waals surface area contributed by atoms with E-state index in [0.29, 0.717) is 0 Å². The molecule has 0 saturated heterocycles. The van der Waals surface area contributed by atoms with E-state index in [2.05, 4.69) is 215 Å². The summed E-state index contributed by atoms with van der Waals surface area (Å²) in [5, 5.41) is 13.4. The topological polar surface area (TPSA) is 9.86 Å². The fraction of sp³-hybridized carbons (Fsp3) is 0. The molecule has 1 aliphatic rings. The van der Waals surface area contributed by atoms with Crippen LogP contribution in [0.15, 0.2) is 206 Å². The van der Waals surface area contributed by atoms with Gasteiger partial charge in [0.05, 0.1) is 22.1 Å². The van der Waals surface area contributed by atoms with E-state index in [4.69, 9.17) is 0 Å². The molecule has 0 amide bonds. The second-order valence-corrected chi connectivity index (χ2v) is 18.6. The number of rotatable bonds is 4. The molecule has 11 aromatic rings. The summed E-state index contributed by atoms with van der Waals surface area (Å²) >= 11 is 0. The fourth-order valence-corrected chi connectivity index (χ4v) is 15.1. The summed E-state index contributed by atoms with van der Waals surface area (Å²) < 4.78 is 4.87. The normalized spacial score (nSPS) is 13.2. The van der Waals surface area contributed by atoms with Gasteiger partial charge in [-0.25, -0.2) is 0 Å². The van der Waals surface area contributed by atoms with E-state index < -0.39 is 8.07 Å². The number of para-hydroxylation sites is 3. The first-order chi connectivity index (χ1) is 27.3. The van der Waals surface area contributed by atoms with Crippen LogP contribution in [-0.4, -0.2) is 17.2 Å². The van der Waals surface area contributed by atoms with E-state index in [0.717, 1.165) is 0 Å². The minimum absolute atomic E-state index is 1.17. The van der Waals surface area contributed by atoms with E-state index in [1.54, 1.807) is 0 Å². The maximum Gasteiger partial charge on any atom is 0.180 e. The highest BCUT2D eigenvalue weighted by Crippen LogP contribution is 2.37. The molecule has 3 heterocycles. The molecule has 0 atom stereocenters. The van der Waals surface area contributed by atoms with Crippen molar-refractivity contribution in [3.8, 4) is 22.5 Å². The van der Waals surface area contributed by atoms with Crippen LogP contribution in [0.3, 0.4) is 0 Å². The van der Waals surface area contributed by atoms with E-state index >= 15 is 0 Å². The van der Waals surface area contributed by atoms with Crippen LogP contribution in [0.25, 0.3) is 76.9 Å². The molecule has 1 aliphatic heterocycles. The van der Waals surface area contributed by atoms with Gasteiger partial charge in [-0.2, -0.15) is 0 Å². The van der Waals surface area contributed by atoms with Gasteiger partial charge in [0, 0.05) is 32.9 Å². The molecule has 0 radical (unpaired) electrons. The van der Waals surface area contributed by atoms with Crippen molar-refractivity contribution in [2.45, 2.75) is 0 Å². The molecule has 0 N–H and O–H groups in total. The van der Waals surface area contributed by atoms with Crippen LogP contribution in [0.5, 0.6) is 0 Å². The third-order valence-electron chi connectivity index (χ3n) is 12.2. The van der Waals surface area contributed by atoms with Crippen LogP contribution in [0.4, 0.5) is 0 Å². The van der Waals surface area contributed by atoms with Crippen molar-refractivity contribution in [1.29, 1.82) is 0 Å². The summed E-state index contributed by atoms with van der Waals surface area (Å²) in [6.07, 6.45) is 0. The monoisotopic (exact) mass is 714 g/mol. The quantitative estimate of drug-likeness (QED) is 0.161. The van der Waals surface area contributed by atoms with Crippen LogP contribution in [0.1, 0.15) is 0 Å². The summed E-state index contributed by atoms with van der Waals surface area (Å²) in [6, 6.07) is 77.2. The van der Waals surface area contributed by atoms with E-state index in [-0.39, 0.29) is 0 Å². The van der Waals surface area contributed by atoms with Gasteiger partial charge in [0.2, 0.25) is 0 Å². The Hall–Kier alpha value is -6.94. The highest BCUT2D eigenvalue weighted by molar-refractivity contribution is 7.22. The predicted molar refractivity (Wildman–Crippen MR) is 235 cm³/mol. The Morgan fingerprint density at radius 3 is 1.38 bits per heavy atom. The number of benzene rings is 9. The number of nitrogens with zero attached hydrogens (tertiary/aromatic N) is 2. The molecule has 9 aromatic carbocycles. The van der Waals surface area contributed by atoms with Crippen LogP contribution in [0.2, 0.25) is 0 Å². The number of fused-ring (bicyclic) bond motifs is 10. The zero-order chi connectivity index (χ0) is 36.1. The van der Waals surface area contributed by atoms with Gasteiger partial charge >= 0.3 is 0 Å². The molecule has 0 saturated carbocycles. The average Bonchev–Trinajstić information content (AvgIpc) is 3.88. The van der Waals surface area contributed by atoms with Gasteiger partial charge < -0.3 is 9.13 Å². The minimum Gasteiger partial charge on any atom is -0.309 e. The molecular weight excluding hydrogens is 681 g/mol. The Bertz CT molecular complexity index is 3230. The summed E-state index contributed by atoms with van der Waals surface area (Å²) in [4.78, 5) is 0. The van der Waals surface area contributed by atoms with Gasteiger partial charge in [-0.3, -0.25) is 0 Å². The first-order valence-corrected chi connectivity index (χ1v) is 21.1. The number of hydrogen-bond donors (Lipinski definition) is 0.